The second-order valence-corrected chi connectivity index (χ2v) is 4.44. The van der Waals surface area contributed by atoms with Crippen molar-refractivity contribution in [2.24, 2.45) is 0 Å². The highest BCUT2D eigenvalue weighted by Gasteiger charge is 2.20. The van der Waals surface area contributed by atoms with Gasteiger partial charge in [0, 0.05) is 10.0 Å². The summed E-state index contributed by atoms with van der Waals surface area (Å²) < 4.78 is 19.7. The number of nitrogens with zero attached hydrogens (tertiary/aromatic N) is 2. The van der Waals surface area contributed by atoms with Crippen LogP contribution in [0.3, 0.4) is 0 Å². The highest BCUT2D eigenvalue weighted by molar-refractivity contribution is 9.10. The lowest BCUT2D eigenvalue weighted by atomic mass is 10.1. The number of ether oxygens (including phenoxy) is 1. The Bertz CT molecular complexity index is 619. The Labute approximate surface area is 117 Å². The molecule has 0 bridgehead atoms. The fraction of sp³-hybridized carbons (Fsp3) is 0.154. The lowest BCUT2D eigenvalue weighted by Crippen LogP contribution is -2.11. The van der Waals surface area contributed by atoms with E-state index in [2.05, 4.69) is 25.9 Å². The molecule has 0 aliphatic heterocycles. The third-order valence-electron chi connectivity index (χ3n) is 2.39. The van der Waals surface area contributed by atoms with Crippen LogP contribution < -0.4 is 0 Å². The van der Waals surface area contributed by atoms with E-state index in [1.165, 1.54) is 0 Å². The Morgan fingerprint density at radius 2 is 2.11 bits per heavy atom. The largest absolute Gasteiger partial charge is 0.461 e. The van der Waals surface area contributed by atoms with Crippen LogP contribution in [0.2, 0.25) is 0 Å². The Morgan fingerprint density at radius 1 is 1.37 bits per heavy atom. The number of carbonyl (C=O) groups excluding carboxylic acids is 1. The van der Waals surface area contributed by atoms with Gasteiger partial charge < -0.3 is 4.74 Å². The third-order valence-corrected chi connectivity index (χ3v) is 3.08. The highest BCUT2D eigenvalue weighted by Crippen LogP contribution is 2.28. The number of esters is 1. The van der Waals surface area contributed by atoms with Crippen LogP contribution in [0, 0.1) is 5.82 Å². The Kier molecular flexibility index (Phi) is 4.21. The van der Waals surface area contributed by atoms with Crippen LogP contribution in [0.5, 0.6) is 0 Å². The SMILES string of the molecule is CCOC(=O)c1ncnc(-c2ccccc2Br)c1F. The molecule has 0 saturated heterocycles. The number of benzene rings is 1. The molecule has 2 rings (SSSR count). The molecule has 98 valence electrons. The van der Waals surface area contributed by atoms with E-state index < -0.39 is 11.8 Å². The molecule has 0 aliphatic carbocycles. The van der Waals surface area contributed by atoms with Crippen LogP contribution in [0.1, 0.15) is 17.4 Å². The van der Waals surface area contributed by atoms with Gasteiger partial charge in [0.2, 0.25) is 0 Å². The maximum Gasteiger partial charge on any atom is 0.360 e. The summed E-state index contributed by atoms with van der Waals surface area (Å²) in [7, 11) is 0. The summed E-state index contributed by atoms with van der Waals surface area (Å²) in [6.07, 6.45) is 1.14. The summed E-state index contributed by atoms with van der Waals surface area (Å²) in [4.78, 5) is 19.1. The molecular weight excluding hydrogens is 315 g/mol. The number of carbonyl (C=O) groups is 1. The molecule has 19 heavy (non-hydrogen) atoms. The lowest BCUT2D eigenvalue weighted by molar-refractivity contribution is 0.0513. The van der Waals surface area contributed by atoms with Crippen LogP contribution >= 0.6 is 15.9 Å². The van der Waals surface area contributed by atoms with E-state index in [1.807, 2.05) is 0 Å². The van der Waals surface area contributed by atoms with Crippen molar-refractivity contribution in [1.29, 1.82) is 0 Å². The molecule has 0 N–H and O–H groups in total. The second-order valence-electron chi connectivity index (χ2n) is 3.59. The molecule has 0 aliphatic rings. The average molecular weight is 325 g/mol. The fourth-order valence-electron chi connectivity index (χ4n) is 1.55. The topological polar surface area (TPSA) is 52.1 Å². The van der Waals surface area contributed by atoms with E-state index in [0.29, 0.717) is 10.0 Å². The Balaban J connectivity index is 2.52. The normalized spacial score (nSPS) is 10.3. The number of rotatable bonds is 3. The maximum absolute atomic E-state index is 14.3. The summed E-state index contributed by atoms with van der Waals surface area (Å²) >= 11 is 3.32. The summed E-state index contributed by atoms with van der Waals surface area (Å²) in [5.74, 6) is -1.58. The molecule has 1 heterocycles. The van der Waals surface area contributed by atoms with Gasteiger partial charge in [0.1, 0.15) is 12.0 Å². The van der Waals surface area contributed by atoms with E-state index in [9.17, 15) is 9.18 Å². The number of hydrogen-bond donors (Lipinski definition) is 0. The molecule has 0 spiro atoms. The van der Waals surface area contributed by atoms with Gasteiger partial charge in [-0.15, -0.1) is 0 Å². The smallest absolute Gasteiger partial charge is 0.360 e. The van der Waals surface area contributed by atoms with Crippen molar-refractivity contribution in [2.45, 2.75) is 6.92 Å². The van der Waals surface area contributed by atoms with E-state index >= 15 is 0 Å². The summed E-state index contributed by atoms with van der Waals surface area (Å²) in [5.41, 5.74) is 0.251. The van der Waals surface area contributed by atoms with Gasteiger partial charge in [0.15, 0.2) is 11.5 Å². The number of halogens is 2. The van der Waals surface area contributed by atoms with Crippen LogP contribution in [0.4, 0.5) is 4.39 Å². The molecule has 0 fully saturated rings. The van der Waals surface area contributed by atoms with Gasteiger partial charge in [-0.3, -0.25) is 0 Å². The first kappa shape index (κ1) is 13.6. The molecule has 4 nitrogen and oxygen atoms in total. The van der Waals surface area contributed by atoms with Crippen LogP contribution in [0.25, 0.3) is 11.3 Å². The van der Waals surface area contributed by atoms with Gasteiger partial charge in [0.05, 0.1) is 6.61 Å². The zero-order chi connectivity index (χ0) is 13.8. The second kappa shape index (κ2) is 5.88. The van der Waals surface area contributed by atoms with Crippen LogP contribution in [0.15, 0.2) is 35.1 Å². The van der Waals surface area contributed by atoms with Crippen molar-refractivity contribution in [3.63, 3.8) is 0 Å². The van der Waals surface area contributed by atoms with Crippen molar-refractivity contribution in [3.05, 3.63) is 46.6 Å². The van der Waals surface area contributed by atoms with Gasteiger partial charge in [0.25, 0.3) is 0 Å². The molecule has 1 aromatic carbocycles. The molecule has 0 saturated carbocycles. The highest BCUT2D eigenvalue weighted by atomic mass is 79.9. The van der Waals surface area contributed by atoms with E-state index in [0.717, 1.165) is 6.33 Å². The minimum absolute atomic E-state index is 0.0607. The average Bonchev–Trinajstić information content (AvgIpc) is 2.40. The quantitative estimate of drug-likeness (QED) is 0.813. The predicted octanol–water partition coefficient (Wildman–Crippen LogP) is 3.22. The van der Waals surface area contributed by atoms with E-state index in [4.69, 9.17) is 4.74 Å². The van der Waals surface area contributed by atoms with Gasteiger partial charge in [-0.2, -0.15) is 0 Å². The van der Waals surface area contributed by atoms with Crippen molar-refractivity contribution in [2.75, 3.05) is 6.61 Å². The van der Waals surface area contributed by atoms with Gasteiger partial charge in [-0.1, -0.05) is 34.1 Å². The van der Waals surface area contributed by atoms with Gasteiger partial charge in [-0.05, 0) is 13.0 Å². The van der Waals surface area contributed by atoms with Crippen molar-refractivity contribution >= 4 is 21.9 Å². The van der Waals surface area contributed by atoms with Gasteiger partial charge in [-0.25, -0.2) is 19.2 Å². The number of aromatic nitrogens is 2. The third kappa shape index (κ3) is 2.78. The molecule has 0 radical (unpaired) electrons. The minimum atomic E-state index is -0.796. The fourth-order valence-corrected chi connectivity index (χ4v) is 2.03. The van der Waals surface area contributed by atoms with Crippen molar-refractivity contribution < 1.29 is 13.9 Å². The number of hydrogen-bond acceptors (Lipinski definition) is 4. The summed E-state index contributed by atoms with van der Waals surface area (Å²) in [5, 5.41) is 0. The summed E-state index contributed by atoms with van der Waals surface area (Å²) in [6, 6.07) is 7.02. The van der Waals surface area contributed by atoms with Crippen LogP contribution in [-0.2, 0) is 4.74 Å². The van der Waals surface area contributed by atoms with Crippen molar-refractivity contribution in [3.8, 4) is 11.3 Å². The lowest BCUT2D eigenvalue weighted by Gasteiger charge is -2.07. The first-order valence-corrected chi connectivity index (χ1v) is 6.37. The zero-order valence-corrected chi connectivity index (χ0v) is 11.6. The molecule has 0 atom stereocenters. The van der Waals surface area contributed by atoms with Crippen molar-refractivity contribution in [1.82, 2.24) is 9.97 Å². The van der Waals surface area contributed by atoms with E-state index in [-0.39, 0.29) is 18.0 Å². The Morgan fingerprint density at radius 3 is 2.79 bits per heavy atom. The zero-order valence-electron chi connectivity index (χ0n) is 10.1. The molecule has 2 aromatic rings. The monoisotopic (exact) mass is 324 g/mol. The predicted molar refractivity (Wildman–Crippen MR) is 71.1 cm³/mol. The van der Waals surface area contributed by atoms with Crippen LogP contribution in [-0.4, -0.2) is 22.5 Å². The molecule has 0 unspecified atom stereocenters. The molecule has 0 amide bonds. The Hall–Kier alpha value is -1.82. The van der Waals surface area contributed by atoms with Gasteiger partial charge >= 0.3 is 5.97 Å². The molecule has 1 aromatic heterocycles. The van der Waals surface area contributed by atoms with E-state index in [1.54, 1.807) is 31.2 Å². The first-order valence-electron chi connectivity index (χ1n) is 5.57. The standard InChI is InChI=1S/C13H10BrFN2O2/c1-2-19-13(18)12-10(15)11(16-7-17-12)8-5-3-4-6-9(8)14/h3-7H,2H2,1H3. The maximum atomic E-state index is 14.3. The molecular formula is C13H10BrFN2O2. The molecule has 6 heteroatoms. The minimum Gasteiger partial charge on any atom is -0.461 e. The summed E-state index contributed by atoms with van der Waals surface area (Å²) in [6.45, 7) is 1.80. The first-order chi connectivity index (χ1) is 9.15.